The molecule has 0 fully saturated rings. The van der Waals surface area contributed by atoms with Crippen molar-refractivity contribution in [1.29, 1.82) is 0 Å². The van der Waals surface area contributed by atoms with E-state index in [4.69, 9.17) is 18.9 Å². The van der Waals surface area contributed by atoms with Crippen LogP contribution in [0.3, 0.4) is 0 Å². The molecule has 1 amide bonds. The van der Waals surface area contributed by atoms with E-state index in [2.05, 4.69) is 31.9 Å². The van der Waals surface area contributed by atoms with Gasteiger partial charge in [-0.3, -0.25) is 9.69 Å². The van der Waals surface area contributed by atoms with Crippen LogP contribution in [0.4, 0.5) is 0 Å². The number of hydrogen-bond acceptors (Lipinski definition) is 6. The molecule has 1 aliphatic rings. The van der Waals surface area contributed by atoms with Crippen LogP contribution >= 0.6 is 0 Å². The van der Waals surface area contributed by atoms with Crippen molar-refractivity contribution < 1.29 is 23.7 Å². The van der Waals surface area contributed by atoms with E-state index in [0.717, 1.165) is 35.6 Å². The van der Waals surface area contributed by atoms with E-state index >= 15 is 0 Å². The van der Waals surface area contributed by atoms with Gasteiger partial charge in [-0.2, -0.15) is 0 Å². The predicted octanol–water partition coefficient (Wildman–Crippen LogP) is 4.03. The summed E-state index contributed by atoms with van der Waals surface area (Å²) in [5.41, 5.74) is 2.83. The van der Waals surface area contributed by atoms with Crippen LogP contribution in [-0.4, -0.2) is 69.8 Å². The predicted molar refractivity (Wildman–Crippen MR) is 134 cm³/mol. The van der Waals surface area contributed by atoms with Crippen molar-refractivity contribution in [2.24, 2.45) is 0 Å². The zero-order valence-electron chi connectivity index (χ0n) is 21.3. The zero-order chi connectivity index (χ0) is 24.9. The molecule has 0 unspecified atom stereocenters. The quantitative estimate of drug-likeness (QED) is 0.525. The minimum atomic E-state index is -0.234. The van der Waals surface area contributed by atoms with Gasteiger partial charge in [-0.1, -0.05) is 6.07 Å². The molecule has 0 spiro atoms. The van der Waals surface area contributed by atoms with Gasteiger partial charge in [-0.05, 0) is 74.3 Å². The Kier molecular flexibility index (Phi) is 8.10. The van der Waals surface area contributed by atoms with Gasteiger partial charge in [0.15, 0.2) is 23.0 Å². The molecule has 34 heavy (non-hydrogen) atoms. The third-order valence-corrected chi connectivity index (χ3v) is 6.52. The first kappa shape index (κ1) is 25.4. The summed E-state index contributed by atoms with van der Waals surface area (Å²) in [6.45, 7) is 5.73. The molecular formula is C27H36N2O5. The lowest BCUT2D eigenvalue weighted by atomic mass is 10.0. The van der Waals surface area contributed by atoms with E-state index in [1.807, 2.05) is 41.4 Å². The fourth-order valence-electron chi connectivity index (χ4n) is 4.08. The first-order chi connectivity index (χ1) is 16.2. The van der Waals surface area contributed by atoms with Crippen LogP contribution in [0.15, 0.2) is 36.5 Å². The van der Waals surface area contributed by atoms with Crippen LogP contribution in [0.1, 0.15) is 30.5 Å². The first-order valence-corrected chi connectivity index (χ1v) is 11.4. The third-order valence-electron chi connectivity index (χ3n) is 6.52. The standard InChI is InChI=1S/C27H36N2O5/c1-27(2,28(3)12-10-19-8-9-22(31-4)23(14-19)32-5)18-29-13-11-20-15-24(33-6)25(34-7)16-21(20)17-26(29)30/h8-9,11,13-16H,10,12,17-18H2,1-7H3. The van der Waals surface area contributed by atoms with Gasteiger partial charge in [-0.15, -0.1) is 0 Å². The van der Waals surface area contributed by atoms with Gasteiger partial charge < -0.3 is 23.8 Å². The molecule has 184 valence electrons. The number of fused-ring (bicyclic) bond motifs is 1. The molecule has 2 aromatic rings. The van der Waals surface area contributed by atoms with Crippen LogP contribution < -0.4 is 18.9 Å². The van der Waals surface area contributed by atoms with Crippen molar-refractivity contribution in [3.8, 4) is 23.0 Å². The summed E-state index contributed by atoms with van der Waals surface area (Å²) >= 11 is 0. The van der Waals surface area contributed by atoms with Crippen LogP contribution in [-0.2, 0) is 17.6 Å². The second kappa shape index (κ2) is 10.8. The minimum absolute atomic E-state index is 0.0589. The maximum Gasteiger partial charge on any atom is 0.231 e. The number of carbonyl (C=O) groups is 1. The molecule has 1 heterocycles. The highest BCUT2D eigenvalue weighted by Gasteiger charge is 2.29. The van der Waals surface area contributed by atoms with Gasteiger partial charge in [0.05, 0.1) is 34.9 Å². The van der Waals surface area contributed by atoms with Gasteiger partial charge in [0.25, 0.3) is 0 Å². The van der Waals surface area contributed by atoms with E-state index in [0.29, 0.717) is 24.5 Å². The van der Waals surface area contributed by atoms with Crippen molar-refractivity contribution >= 4 is 12.0 Å². The number of ether oxygens (including phenoxy) is 4. The molecule has 0 N–H and O–H groups in total. The van der Waals surface area contributed by atoms with Gasteiger partial charge in [0.1, 0.15) is 0 Å². The van der Waals surface area contributed by atoms with Crippen molar-refractivity contribution in [3.63, 3.8) is 0 Å². The Hall–Kier alpha value is -3.19. The number of methoxy groups -OCH3 is 4. The highest BCUT2D eigenvalue weighted by Crippen LogP contribution is 2.33. The zero-order valence-corrected chi connectivity index (χ0v) is 21.3. The summed E-state index contributed by atoms with van der Waals surface area (Å²) in [5, 5.41) is 0. The SMILES string of the molecule is COc1ccc(CCN(C)C(C)(C)CN2C=Cc3cc(OC)c(OC)cc3CC2=O)cc1OC. The molecular weight excluding hydrogens is 432 g/mol. The van der Waals surface area contributed by atoms with Crippen molar-refractivity contribution in [2.45, 2.75) is 32.2 Å². The fraction of sp³-hybridized carbons (Fsp3) is 0.444. The average molecular weight is 469 g/mol. The number of hydrogen-bond donors (Lipinski definition) is 0. The summed E-state index contributed by atoms with van der Waals surface area (Å²) in [4.78, 5) is 17.2. The van der Waals surface area contributed by atoms with Crippen LogP contribution in [0.5, 0.6) is 23.0 Å². The average Bonchev–Trinajstić information content (AvgIpc) is 2.98. The molecule has 0 saturated carbocycles. The number of amides is 1. The van der Waals surface area contributed by atoms with E-state index in [1.165, 1.54) is 5.56 Å². The monoisotopic (exact) mass is 468 g/mol. The maximum absolute atomic E-state index is 13.1. The van der Waals surface area contributed by atoms with Crippen molar-refractivity contribution in [2.75, 3.05) is 48.6 Å². The molecule has 0 aliphatic carbocycles. The first-order valence-electron chi connectivity index (χ1n) is 11.4. The van der Waals surface area contributed by atoms with Crippen LogP contribution in [0.2, 0.25) is 0 Å². The van der Waals surface area contributed by atoms with E-state index < -0.39 is 0 Å². The fourth-order valence-corrected chi connectivity index (χ4v) is 4.08. The van der Waals surface area contributed by atoms with E-state index in [-0.39, 0.29) is 11.4 Å². The van der Waals surface area contributed by atoms with Crippen LogP contribution in [0.25, 0.3) is 6.08 Å². The summed E-state index contributed by atoms with van der Waals surface area (Å²) in [6.07, 6.45) is 5.02. The van der Waals surface area contributed by atoms with Crippen LogP contribution in [0, 0.1) is 0 Å². The molecule has 0 saturated heterocycles. The van der Waals surface area contributed by atoms with Crippen molar-refractivity contribution in [1.82, 2.24) is 9.80 Å². The Morgan fingerprint density at radius 3 is 2.18 bits per heavy atom. The molecule has 7 nitrogen and oxygen atoms in total. The second-order valence-electron chi connectivity index (χ2n) is 9.09. The normalized spacial score (nSPS) is 13.5. The molecule has 7 heteroatoms. The lowest BCUT2D eigenvalue weighted by Gasteiger charge is -2.38. The Labute approximate surface area is 202 Å². The smallest absolute Gasteiger partial charge is 0.231 e. The molecule has 0 atom stereocenters. The van der Waals surface area contributed by atoms with Gasteiger partial charge in [0, 0.05) is 24.8 Å². The lowest BCUT2D eigenvalue weighted by Crippen LogP contribution is -2.50. The highest BCUT2D eigenvalue weighted by molar-refractivity contribution is 5.84. The number of rotatable bonds is 10. The highest BCUT2D eigenvalue weighted by atomic mass is 16.5. The minimum Gasteiger partial charge on any atom is -0.493 e. The topological polar surface area (TPSA) is 60.5 Å². The number of likely N-dealkylation sites (N-methyl/N-ethyl adjacent to an activating group) is 1. The number of nitrogens with zero attached hydrogens (tertiary/aromatic N) is 2. The Bertz CT molecular complexity index is 1050. The maximum atomic E-state index is 13.1. The van der Waals surface area contributed by atoms with Gasteiger partial charge in [-0.25, -0.2) is 0 Å². The largest absolute Gasteiger partial charge is 0.493 e. The summed E-state index contributed by atoms with van der Waals surface area (Å²) in [7, 11) is 8.59. The summed E-state index contributed by atoms with van der Waals surface area (Å²) in [6, 6.07) is 9.81. The Morgan fingerprint density at radius 2 is 1.53 bits per heavy atom. The second-order valence-corrected chi connectivity index (χ2v) is 9.09. The lowest BCUT2D eigenvalue weighted by molar-refractivity contribution is -0.129. The summed E-state index contributed by atoms with van der Waals surface area (Å²) in [5.74, 6) is 2.80. The number of benzene rings is 2. The third kappa shape index (κ3) is 5.65. The molecule has 0 radical (unpaired) electrons. The van der Waals surface area contributed by atoms with Gasteiger partial charge in [0.2, 0.25) is 5.91 Å². The van der Waals surface area contributed by atoms with E-state index in [9.17, 15) is 4.79 Å². The molecule has 2 aromatic carbocycles. The Morgan fingerprint density at radius 1 is 0.912 bits per heavy atom. The molecule has 0 aromatic heterocycles. The Balaban J connectivity index is 1.68. The molecule has 0 bridgehead atoms. The number of carbonyl (C=O) groups excluding carboxylic acids is 1. The van der Waals surface area contributed by atoms with Gasteiger partial charge >= 0.3 is 0 Å². The molecule has 1 aliphatic heterocycles. The summed E-state index contributed by atoms with van der Waals surface area (Å²) < 4.78 is 21.6. The van der Waals surface area contributed by atoms with Crippen molar-refractivity contribution in [3.05, 3.63) is 53.2 Å². The van der Waals surface area contributed by atoms with E-state index in [1.54, 1.807) is 28.4 Å². The molecule has 3 rings (SSSR count).